The topological polar surface area (TPSA) is 75.6 Å². The van der Waals surface area contributed by atoms with Gasteiger partial charge >= 0.3 is 5.97 Å². The Morgan fingerprint density at radius 3 is 2.70 bits per heavy atom. The standard InChI is InChI=1S/C14H17NO4S/c1-9-2-4-10(5-3-9)20-8-13(16)15-12-7-19-6-11(12)14(17)18/h2-5,11-12H,6-8H2,1H3,(H,15,16)(H,17,18). The van der Waals surface area contributed by atoms with Gasteiger partial charge in [0.05, 0.1) is 25.0 Å². The molecule has 0 aromatic heterocycles. The molecule has 0 aliphatic carbocycles. The van der Waals surface area contributed by atoms with E-state index in [1.807, 2.05) is 31.2 Å². The van der Waals surface area contributed by atoms with Crippen molar-refractivity contribution in [2.45, 2.75) is 17.9 Å². The number of thioether (sulfide) groups is 1. The maximum absolute atomic E-state index is 11.8. The Hall–Kier alpha value is -1.53. The zero-order chi connectivity index (χ0) is 14.5. The SMILES string of the molecule is Cc1ccc(SCC(=O)NC2COCC2C(=O)O)cc1. The smallest absolute Gasteiger partial charge is 0.311 e. The van der Waals surface area contributed by atoms with Crippen molar-refractivity contribution >= 4 is 23.6 Å². The van der Waals surface area contributed by atoms with Crippen LogP contribution in [0.15, 0.2) is 29.2 Å². The van der Waals surface area contributed by atoms with Crippen molar-refractivity contribution in [3.8, 4) is 0 Å². The summed E-state index contributed by atoms with van der Waals surface area (Å²) in [7, 11) is 0. The molecule has 0 radical (unpaired) electrons. The fraction of sp³-hybridized carbons (Fsp3) is 0.429. The van der Waals surface area contributed by atoms with Gasteiger partial charge < -0.3 is 15.2 Å². The minimum Gasteiger partial charge on any atom is -0.481 e. The number of aliphatic carboxylic acids is 1. The van der Waals surface area contributed by atoms with E-state index in [0.717, 1.165) is 4.90 Å². The van der Waals surface area contributed by atoms with Gasteiger partial charge in [0.25, 0.3) is 0 Å². The fourth-order valence-electron chi connectivity index (χ4n) is 1.97. The van der Waals surface area contributed by atoms with Crippen LogP contribution in [0, 0.1) is 12.8 Å². The van der Waals surface area contributed by atoms with Crippen molar-refractivity contribution in [3.63, 3.8) is 0 Å². The van der Waals surface area contributed by atoms with Crippen LogP contribution in [0.4, 0.5) is 0 Å². The van der Waals surface area contributed by atoms with Crippen LogP contribution >= 0.6 is 11.8 Å². The molecule has 1 heterocycles. The molecule has 6 heteroatoms. The number of rotatable bonds is 5. The molecule has 5 nitrogen and oxygen atoms in total. The largest absolute Gasteiger partial charge is 0.481 e. The molecule has 1 aliphatic rings. The molecule has 0 spiro atoms. The highest BCUT2D eigenvalue weighted by molar-refractivity contribution is 8.00. The second-order valence-electron chi connectivity index (χ2n) is 4.76. The van der Waals surface area contributed by atoms with Crippen molar-refractivity contribution in [2.75, 3.05) is 19.0 Å². The van der Waals surface area contributed by atoms with Gasteiger partial charge in [0.15, 0.2) is 0 Å². The third-order valence-corrected chi connectivity index (χ3v) is 4.15. The summed E-state index contributed by atoms with van der Waals surface area (Å²) in [5.74, 6) is -1.48. The number of ether oxygens (including phenoxy) is 1. The van der Waals surface area contributed by atoms with Crippen LogP contribution in [0.2, 0.25) is 0 Å². The summed E-state index contributed by atoms with van der Waals surface area (Å²) >= 11 is 1.43. The highest BCUT2D eigenvalue weighted by Gasteiger charge is 2.34. The van der Waals surface area contributed by atoms with Crippen molar-refractivity contribution in [1.29, 1.82) is 0 Å². The quantitative estimate of drug-likeness (QED) is 0.801. The highest BCUT2D eigenvalue weighted by Crippen LogP contribution is 2.19. The van der Waals surface area contributed by atoms with Crippen LogP contribution in [0.5, 0.6) is 0 Å². The zero-order valence-corrected chi connectivity index (χ0v) is 12.0. The molecule has 1 aromatic rings. The number of carbonyl (C=O) groups is 2. The molecule has 1 fully saturated rings. The minimum atomic E-state index is -0.931. The van der Waals surface area contributed by atoms with E-state index in [0.29, 0.717) is 0 Å². The Balaban J connectivity index is 1.80. The van der Waals surface area contributed by atoms with Gasteiger partial charge in [-0.1, -0.05) is 17.7 Å². The zero-order valence-electron chi connectivity index (χ0n) is 11.2. The first-order chi connectivity index (χ1) is 9.56. The lowest BCUT2D eigenvalue weighted by atomic mass is 10.0. The average Bonchev–Trinajstić information content (AvgIpc) is 2.86. The molecular formula is C14H17NO4S. The van der Waals surface area contributed by atoms with Gasteiger partial charge in [0.2, 0.25) is 5.91 Å². The maximum atomic E-state index is 11.8. The molecule has 1 amide bonds. The first-order valence-corrected chi connectivity index (χ1v) is 7.34. The predicted molar refractivity (Wildman–Crippen MR) is 75.8 cm³/mol. The first-order valence-electron chi connectivity index (χ1n) is 6.35. The second-order valence-corrected chi connectivity index (χ2v) is 5.81. The molecule has 20 heavy (non-hydrogen) atoms. The molecule has 1 saturated heterocycles. The Kier molecular flexibility index (Phi) is 5.03. The van der Waals surface area contributed by atoms with Gasteiger partial charge in [-0.3, -0.25) is 9.59 Å². The lowest BCUT2D eigenvalue weighted by molar-refractivity contribution is -0.142. The van der Waals surface area contributed by atoms with Crippen molar-refractivity contribution in [1.82, 2.24) is 5.32 Å². The van der Waals surface area contributed by atoms with E-state index in [2.05, 4.69) is 5.32 Å². The van der Waals surface area contributed by atoms with Gasteiger partial charge in [-0.15, -0.1) is 11.8 Å². The molecule has 108 valence electrons. The molecular weight excluding hydrogens is 278 g/mol. The number of amides is 1. The molecule has 2 N–H and O–H groups in total. The maximum Gasteiger partial charge on any atom is 0.311 e. The molecule has 1 aromatic carbocycles. The molecule has 2 unspecified atom stereocenters. The Morgan fingerprint density at radius 1 is 1.35 bits per heavy atom. The number of aryl methyl sites for hydroxylation is 1. The summed E-state index contributed by atoms with van der Waals surface area (Å²) < 4.78 is 5.11. The van der Waals surface area contributed by atoms with Gasteiger partial charge in [0, 0.05) is 4.90 Å². The third kappa shape index (κ3) is 3.98. The Morgan fingerprint density at radius 2 is 2.05 bits per heavy atom. The summed E-state index contributed by atoms with van der Waals surface area (Å²) in [6, 6.07) is 7.48. The summed E-state index contributed by atoms with van der Waals surface area (Å²) in [4.78, 5) is 23.8. The molecule has 1 aliphatic heterocycles. The van der Waals surface area contributed by atoms with Crippen LogP contribution in [0.1, 0.15) is 5.56 Å². The minimum absolute atomic E-state index is 0.158. The predicted octanol–water partition coefficient (Wildman–Crippen LogP) is 1.30. The average molecular weight is 295 g/mol. The third-order valence-electron chi connectivity index (χ3n) is 3.14. The van der Waals surface area contributed by atoms with Crippen LogP contribution in [0.25, 0.3) is 0 Å². The molecule has 2 rings (SSSR count). The number of hydrogen-bond donors (Lipinski definition) is 2. The second kappa shape index (κ2) is 6.76. The van der Waals surface area contributed by atoms with Gasteiger partial charge in [-0.2, -0.15) is 0 Å². The van der Waals surface area contributed by atoms with E-state index in [1.165, 1.54) is 17.3 Å². The number of benzene rings is 1. The lowest BCUT2D eigenvalue weighted by Gasteiger charge is -2.15. The van der Waals surface area contributed by atoms with Crippen LogP contribution in [-0.2, 0) is 14.3 Å². The lowest BCUT2D eigenvalue weighted by Crippen LogP contribution is -2.43. The van der Waals surface area contributed by atoms with E-state index < -0.39 is 17.9 Å². The first kappa shape index (κ1) is 14.9. The van der Waals surface area contributed by atoms with Crippen molar-refractivity contribution in [2.24, 2.45) is 5.92 Å². The van der Waals surface area contributed by atoms with E-state index in [1.54, 1.807) is 0 Å². The van der Waals surface area contributed by atoms with Crippen molar-refractivity contribution < 1.29 is 19.4 Å². The summed E-state index contributed by atoms with van der Waals surface area (Å²) in [5, 5.41) is 11.7. The van der Waals surface area contributed by atoms with Gasteiger partial charge in [-0.25, -0.2) is 0 Å². The normalized spacial score (nSPS) is 21.6. The summed E-state index contributed by atoms with van der Waals surface area (Å²) in [6.45, 7) is 2.43. The Bertz CT molecular complexity index is 488. The van der Waals surface area contributed by atoms with E-state index in [4.69, 9.17) is 9.84 Å². The van der Waals surface area contributed by atoms with Crippen molar-refractivity contribution in [3.05, 3.63) is 29.8 Å². The number of carboxylic acids is 1. The highest BCUT2D eigenvalue weighted by atomic mass is 32.2. The summed E-state index contributed by atoms with van der Waals surface area (Å²) in [5.41, 5.74) is 1.17. The van der Waals surface area contributed by atoms with E-state index in [9.17, 15) is 9.59 Å². The number of hydrogen-bond acceptors (Lipinski definition) is 4. The molecule has 2 atom stereocenters. The van der Waals surface area contributed by atoms with Gasteiger partial charge in [0.1, 0.15) is 5.92 Å². The van der Waals surface area contributed by atoms with Gasteiger partial charge in [-0.05, 0) is 19.1 Å². The number of carboxylic acid groups (broad SMARTS) is 1. The molecule has 0 saturated carbocycles. The molecule has 0 bridgehead atoms. The van der Waals surface area contributed by atoms with Crippen LogP contribution in [0.3, 0.4) is 0 Å². The summed E-state index contributed by atoms with van der Waals surface area (Å²) in [6.07, 6.45) is 0. The number of carbonyl (C=O) groups excluding carboxylic acids is 1. The Labute approximate surface area is 121 Å². The van der Waals surface area contributed by atoms with Crippen LogP contribution in [-0.4, -0.2) is 42.0 Å². The monoisotopic (exact) mass is 295 g/mol. The van der Waals surface area contributed by atoms with Crippen LogP contribution < -0.4 is 5.32 Å². The fourth-order valence-corrected chi connectivity index (χ4v) is 2.68. The number of nitrogens with one attached hydrogen (secondary N) is 1. The van der Waals surface area contributed by atoms with E-state index in [-0.39, 0.29) is 24.9 Å². The van der Waals surface area contributed by atoms with E-state index >= 15 is 0 Å².